The number of nitrogens with one attached hydrogen (secondary N) is 2. The van der Waals surface area contributed by atoms with Crippen molar-refractivity contribution in [3.05, 3.63) is 58.4 Å². The van der Waals surface area contributed by atoms with E-state index in [2.05, 4.69) is 25.5 Å². The zero-order valence-corrected chi connectivity index (χ0v) is 17.5. The summed E-state index contributed by atoms with van der Waals surface area (Å²) >= 11 is 0. The molecule has 0 atom stereocenters. The number of carbonyl (C=O) groups is 1. The molecule has 32 heavy (non-hydrogen) atoms. The van der Waals surface area contributed by atoms with Crippen molar-refractivity contribution >= 4 is 22.8 Å². The predicted molar refractivity (Wildman–Crippen MR) is 117 cm³/mol. The Morgan fingerprint density at radius 3 is 2.72 bits per heavy atom. The van der Waals surface area contributed by atoms with E-state index in [9.17, 15) is 14.0 Å². The van der Waals surface area contributed by atoms with Crippen molar-refractivity contribution in [1.82, 2.24) is 29.5 Å². The average molecular weight is 435 g/mol. The van der Waals surface area contributed by atoms with Gasteiger partial charge in [0.05, 0.1) is 17.6 Å². The first-order chi connectivity index (χ1) is 15.5. The topological polar surface area (TPSA) is 110 Å². The molecule has 164 valence electrons. The van der Waals surface area contributed by atoms with Crippen LogP contribution < -0.4 is 10.9 Å². The van der Waals surface area contributed by atoms with Crippen molar-refractivity contribution in [1.29, 1.82) is 0 Å². The Morgan fingerprint density at radius 2 is 1.97 bits per heavy atom. The van der Waals surface area contributed by atoms with Gasteiger partial charge >= 0.3 is 0 Å². The van der Waals surface area contributed by atoms with Crippen LogP contribution in [0.3, 0.4) is 0 Å². The number of hydrogen-bond donors (Lipinski definition) is 2. The fraction of sp³-hybridized carbons (Fsp3) is 0.318. The Bertz CT molecular complexity index is 1350. The molecule has 10 heteroatoms. The molecule has 0 aliphatic heterocycles. The maximum atomic E-state index is 13.3. The van der Waals surface area contributed by atoms with E-state index in [1.807, 2.05) is 0 Å². The lowest BCUT2D eigenvalue weighted by molar-refractivity contribution is -0.117. The highest BCUT2D eigenvalue weighted by molar-refractivity contribution is 5.90. The highest BCUT2D eigenvalue weighted by atomic mass is 19.1. The number of benzene rings is 1. The highest BCUT2D eigenvalue weighted by Gasteiger charge is 2.21. The lowest BCUT2D eigenvalue weighted by Gasteiger charge is -2.11. The monoisotopic (exact) mass is 435 g/mol. The van der Waals surface area contributed by atoms with Crippen LogP contribution in [0.1, 0.15) is 37.8 Å². The number of anilines is 1. The Labute approximate surface area is 182 Å². The van der Waals surface area contributed by atoms with E-state index in [0.29, 0.717) is 35.2 Å². The lowest BCUT2D eigenvalue weighted by Crippen LogP contribution is -2.20. The van der Waals surface area contributed by atoms with E-state index >= 15 is 0 Å². The van der Waals surface area contributed by atoms with Gasteiger partial charge in [-0.2, -0.15) is 19.9 Å². The van der Waals surface area contributed by atoms with Crippen LogP contribution in [0.2, 0.25) is 0 Å². The van der Waals surface area contributed by atoms with Gasteiger partial charge in [-0.05, 0) is 49.9 Å². The van der Waals surface area contributed by atoms with Gasteiger partial charge in [0.25, 0.3) is 5.56 Å². The second-order valence-electron chi connectivity index (χ2n) is 8.15. The summed E-state index contributed by atoms with van der Waals surface area (Å²) in [7, 11) is 0. The van der Waals surface area contributed by atoms with E-state index in [0.717, 1.165) is 12.8 Å². The molecule has 0 spiro atoms. The number of carbonyl (C=O) groups excluding carboxylic acids is 1. The van der Waals surface area contributed by atoms with Crippen molar-refractivity contribution in [2.24, 2.45) is 5.92 Å². The molecule has 4 aromatic rings. The zero-order valence-electron chi connectivity index (χ0n) is 17.5. The molecule has 0 unspecified atom stereocenters. The number of nitrogens with zero attached hydrogens (tertiary/aromatic N) is 5. The van der Waals surface area contributed by atoms with Crippen LogP contribution in [-0.4, -0.2) is 35.4 Å². The molecular weight excluding hydrogens is 413 g/mol. The normalized spacial score (nSPS) is 14.3. The average Bonchev–Trinajstić information content (AvgIpc) is 3.49. The van der Waals surface area contributed by atoms with Gasteiger partial charge in [0.15, 0.2) is 5.65 Å². The van der Waals surface area contributed by atoms with Crippen LogP contribution in [0.15, 0.2) is 41.3 Å². The third-order valence-electron chi connectivity index (χ3n) is 5.75. The molecule has 1 aliphatic rings. The summed E-state index contributed by atoms with van der Waals surface area (Å²) in [4.78, 5) is 32.5. The molecule has 2 N–H and O–H groups in total. The van der Waals surface area contributed by atoms with Crippen LogP contribution in [-0.2, 0) is 4.79 Å². The molecule has 1 aromatic carbocycles. The van der Waals surface area contributed by atoms with Gasteiger partial charge < -0.3 is 5.32 Å². The number of amides is 1. The number of aromatic nitrogens is 6. The summed E-state index contributed by atoms with van der Waals surface area (Å²) in [5, 5.41) is 11.8. The van der Waals surface area contributed by atoms with Crippen molar-refractivity contribution in [3.8, 4) is 11.6 Å². The van der Waals surface area contributed by atoms with Crippen LogP contribution in [0.5, 0.6) is 0 Å². The zero-order chi connectivity index (χ0) is 22.2. The van der Waals surface area contributed by atoms with E-state index < -0.39 is 5.56 Å². The van der Waals surface area contributed by atoms with Gasteiger partial charge in [-0.1, -0.05) is 12.8 Å². The van der Waals surface area contributed by atoms with Crippen LogP contribution in [0.25, 0.3) is 22.7 Å². The number of aryl methyl sites for hydroxylation is 1. The Hall–Kier alpha value is -3.82. The second-order valence-corrected chi connectivity index (χ2v) is 8.15. The Kier molecular flexibility index (Phi) is 5.04. The fourth-order valence-electron chi connectivity index (χ4n) is 4.20. The Balaban J connectivity index is 1.52. The quantitative estimate of drug-likeness (QED) is 0.500. The largest absolute Gasteiger partial charge is 0.310 e. The molecule has 0 radical (unpaired) electrons. The summed E-state index contributed by atoms with van der Waals surface area (Å²) in [6, 6.07) is 7.46. The maximum absolute atomic E-state index is 13.3. The number of aromatic amines is 1. The molecule has 0 saturated heterocycles. The molecule has 1 amide bonds. The van der Waals surface area contributed by atoms with Crippen molar-refractivity contribution in [2.75, 3.05) is 5.32 Å². The number of fused-ring (bicyclic) bond motifs is 1. The molecule has 0 bridgehead atoms. The van der Waals surface area contributed by atoms with Crippen molar-refractivity contribution in [3.63, 3.8) is 0 Å². The minimum atomic E-state index is -0.394. The predicted octanol–water partition coefficient (Wildman–Crippen LogP) is 3.26. The van der Waals surface area contributed by atoms with Gasteiger partial charge in [-0.15, -0.1) is 0 Å². The number of hydrogen-bond acceptors (Lipinski definition) is 5. The maximum Gasteiger partial charge on any atom is 0.263 e. The van der Waals surface area contributed by atoms with Gasteiger partial charge in [0.1, 0.15) is 17.0 Å². The minimum Gasteiger partial charge on any atom is -0.310 e. The third kappa shape index (κ3) is 3.79. The molecule has 3 heterocycles. The van der Waals surface area contributed by atoms with Crippen LogP contribution in [0.4, 0.5) is 10.2 Å². The van der Waals surface area contributed by atoms with E-state index in [4.69, 9.17) is 0 Å². The minimum absolute atomic E-state index is 0.0853. The molecule has 1 aliphatic carbocycles. The number of halogens is 1. The van der Waals surface area contributed by atoms with Crippen molar-refractivity contribution in [2.45, 2.75) is 39.0 Å². The van der Waals surface area contributed by atoms with Crippen LogP contribution in [0, 0.1) is 18.7 Å². The summed E-state index contributed by atoms with van der Waals surface area (Å²) in [6.45, 7) is 1.79. The molecule has 9 nitrogen and oxygen atoms in total. The first kappa shape index (κ1) is 20.1. The van der Waals surface area contributed by atoms with Gasteiger partial charge in [-0.3, -0.25) is 14.6 Å². The fourth-order valence-corrected chi connectivity index (χ4v) is 4.20. The summed E-state index contributed by atoms with van der Waals surface area (Å²) < 4.78 is 16.2. The highest BCUT2D eigenvalue weighted by Crippen LogP contribution is 2.28. The van der Waals surface area contributed by atoms with Crippen molar-refractivity contribution < 1.29 is 9.18 Å². The Morgan fingerprint density at radius 1 is 1.22 bits per heavy atom. The van der Waals surface area contributed by atoms with Gasteiger partial charge in [-0.25, -0.2) is 9.07 Å². The summed E-state index contributed by atoms with van der Waals surface area (Å²) in [5.41, 5.74) is 1.13. The van der Waals surface area contributed by atoms with E-state index in [-0.39, 0.29) is 23.1 Å². The van der Waals surface area contributed by atoms with Gasteiger partial charge in [0, 0.05) is 12.5 Å². The van der Waals surface area contributed by atoms with E-state index in [1.54, 1.807) is 25.1 Å². The SMILES string of the molecule is Cc1cc(NC(=O)CC2CCCC2)n(-c2nc3c(cnn3-c3ccc(F)cc3)c(=O)[nH]2)n1. The second kappa shape index (κ2) is 8.03. The number of rotatable bonds is 5. The standard InChI is InChI=1S/C22H22FN7O2/c1-13-10-18(25-19(31)11-14-4-2-3-5-14)30(28-13)22-26-20-17(21(32)27-22)12-24-29(20)16-8-6-15(23)7-9-16/h6-10,12,14H,2-5,11H2,1H3,(H,25,31)(H,26,27,32). The molecule has 1 saturated carbocycles. The first-order valence-corrected chi connectivity index (χ1v) is 10.6. The molecule has 1 fully saturated rings. The third-order valence-corrected chi connectivity index (χ3v) is 5.75. The summed E-state index contributed by atoms with van der Waals surface area (Å²) in [5.74, 6) is 0.530. The summed E-state index contributed by atoms with van der Waals surface area (Å²) in [6.07, 6.45) is 6.36. The molecular formula is C22H22FN7O2. The molecule has 5 rings (SSSR count). The number of H-pyrrole nitrogens is 1. The lowest BCUT2D eigenvalue weighted by atomic mass is 10.0. The molecule has 3 aromatic heterocycles. The van der Waals surface area contributed by atoms with Gasteiger partial charge in [0.2, 0.25) is 11.9 Å². The smallest absolute Gasteiger partial charge is 0.263 e. The van der Waals surface area contributed by atoms with Crippen LogP contribution >= 0.6 is 0 Å². The first-order valence-electron chi connectivity index (χ1n) is 10.6. The van der Waals surface area contributed by atoms with E-state index in [1.165, 1.54) is 40.5 Å².